The Morgan fingerprint density at radius 1 is 1.18 bits per heavy atom. The summed E-state index contributed by atoms with van der Waals surface area (Å²) in [5.41, 5.74) is 2.20. The Bertz CT molecular complexity index is 656. The molecule has 2 saturated heterocycles. The summed E-state index contributed by atoms with van der Waals surface area (Å²) in [5.74, 6) is 0.891. The molecule has 2 unspecified atom stereocenters. The van der Waals surface area contributed by atoms with E-state index in [0.29, 0.717) is 12.1 Å². The Hall–Kier alpha value is -1.24. The molecule has 2 atom stereocenters. The lowest BCUT2D eigenvalue weighted by Crippen LogP contribution is -2.45. The van der Waals surface area contributed by atoms with Crippen molar-refractivity contribution < 1.29 is 4.52 Å². The Kier molecular flexibility index (Phi) is 3.76. The zero-order valence-electron chi connectivity index (χ0n) is 12.6. The highest BCUT2D eigenvalue weighted by molar-refractivity contribution is 9.10. The van der Waals surface area contributed by atoms with Gasteiger partial charge in [-0.05, 0) is 41.4 Å². The van der Waals surface area contributed by atoms with Crippen LogP contribution >= 0.6 is 15.9 Å². The fraction of sp³-hybridized carbons (Fsp3) is 0.500. The molecule has 0 aliphatic carbocycles. The molecule has 6 heteroatoms. The summed E-state index contributed by atoms with van der Waals surface area (Å²) < 4.78 is 6.20. The first-order valence-corrected chi connectivity index (χ1v) is 8.47. The molecule has 2 bridgehead atoms. The standard InChI is InChI=1S/C16H19BrN4O/c1-11-4-14(19-22-11)8-21-10-15-5-16(21)9-20(15)7-13-3-2-12(17)6-18-13/h2-4,6,15-16H,5,7-10H2,1H3. The van der Waals surface area contributed by atoms with Crippen molar-refractivity contribution in [2.45, 2.75) is 38.5 Å². The van der Waals surface area contributed by atoms with Gasteiger partial charge in [-0.3, -0.25) is 14.8 Å². The number of fused-ring (bicyclic) bond motifs is 2. The van der Waals surface area contributed by atoms with Crippen molar-refractivity contribution in [3.8, 4) is 0 Å². The molecule has 5 nitrogen and oxygen atoms in total. The molecule has 0 saturated carbocycles. The molecular formula is C16H19BrN4O. The summed E-state index contributed by atoms with van der Waals surface area (Å²) in [5, 5.41) is 4.11. The van der Waals surface area contributed by atoms with E-state index < -0.39 is 0 Å². The minimum atomic E-state index is 0.637. The molecule has 4 rings (SSSR count). The maximum Gasteiger partial charge on any atom is 0.133 e. The molecule has 0 aromatic carbocycles. The first-order chi connectivity index (χ1) is 10.7. The molecule has 2 aromatic heterocycles. The van der Waals surface area contributed by atoms with Gasteiger partial charge < -0.3 is 4.52 Å². The SMILES string of the molecule is Cc1cc(CN2CC3CC2CN3Cc2ccc(Br)cn2)no1. The minimum absolute atomic E-state index is 0.637. The topological polar surface area (TPSA) is 45.4 Å². The number of pyridine rings is 1. The van der Waals surface area contributed by atoms with Crippen LogP contribution in [0.15, 0.2) is 33.4 Å². The van der Waals surface area contributed by atoms with Crippen molar-refractivity contribution >= 4 is 15.9 Å². The van der Waals surface area contributed by atoms with Crippen molar-refractivity contribution in [1.29, 1.82) is 0 Å². The van der Waals surface area contributed by atoms with Crippen LogP contribution in [0.3, 0.4) is 0 Å². The average molecular weight is 363 g/mol. The van der Waals surface area contributed by atoms with Gasteiger partial charge in [-0.25, -0.2) is 0 Å². The highest BCUT2D eigenvalue weighted by Gasteiger charge is 2.43. The molecule has 2 aromatic rings. The second kappa shape index (κ2) is 5.76. The summed E-state index contributed by atoms with van der Waals surface area (Å²) in [4.78, 5) is 9.59. The Morgan fingerprint density at radius 3 is 2.45 bits per heavy atom. The van der Waals surface area contributed by atoms with E-state index in [1.165, 1.54) is 6.42 Å². The fourth-order valence-corrected chi connectivity index (χ4v) is 3.86. The van der Waals surface area contributed by atoms with Gasteiger partial charge >= 0.3 is 0 Å². The lowest BCUT2D eigenvalue weighted by atomic mass is 10.2. The third kappa shape index (κ3) is 2.83. The molecule has 4 heterocycles. The van der Waals surface area contributed by atoms with E-state index in [4.69, 9.17) is 4.52 Å². The normalized spacial score (nSPS) is 25.2. The van der Waals surface area contributed by atoms with Crippen LogP contribution in [0.1, 0.15) is 23.6 Å². The summed E-state index contributed by atoms with van der Waals surface area (Å²) in [6, 6.07) is 7.48. The Balaban J connectivity index is 1.36. The van der Waals surface area contributed by atoms with Gasteiger partial charge in [0.2, 0.25) is 0 Å². The van der Waals surface area contributed by atoms with Crippen LogP contribution in [-0.2, 0) is 13.1 Å². The average Bonchev–Trinajstić information content (AvgIpc) is 3.18. The lowest BCUT2D eigenvalue weighted by molar-refractivity contribution is 0.115. The fourth-order valence-electron chi connectivity index (χ4n) is 3.63. The second-order valence-corrected chi connectivity index (χ2v) is 7.21. The van der Waals surface area contributed by atoms with Crippen LogP contribution in [0.5, 0.6) is 0 Å². The molecule has 0 amide bonds. The largest absolute Gasteiger partial charge is 0.361 e. The van der Waals surface area contributed by atoms with Crippen molar-refractivity contribution in [2.75, 3.05) is 13.1 Å². The van der Waals surface area contributed by atoms with Gasteiger partial charge in [-0.2, -0.15) is 0 Å². The number of piperazine rings is 1. The first kappa shape index (κ1) is 14.4. The molecule has 2 fully saturated rings. The van der Waals surface area contributed by atoms with Gasteiger partial charge in [0, 0.05) is 55.0 Å². The number of halogens is 1. The maximum atomic E-state index is 5.17. The number of hydrogen-bond acceptors (Lipinski definition) is 5. The van der Waals surface area contributed by atoms with Crippen LogP contribution in [0, 0.1) is 6.92 Å². The lowest BCUT2D eigenvalue weighted by Gasteiger charge is -2.33. The molecule has 0 N–H and O–H groups in total. The van der Waals surface area contributed by atoms with E-state index in [0.717, 1.165) is 47.8 Å². The van der Waals surface area contributed by atoms with Crippen LogP contribution < -0.4 is 0 Å². The first-order valence-electron chi connectivity index (χ1n) is 7.68. The van der Waals surface area contributed by atoms with Crippen molar-refractivity contribution in [1.82, 2.24) is 19.9 Å². The van der Waals surface area contributed by atoms with Gasteiger partial charge in [0.15, 0.2) is 0 Å². The van der Waals surface area contributed by atoms with Crippen LogP contribution in [0.2, 0.25) is 0 Å². The van der Waals surface area contributed by atoms with Crippen molar-refractivity contribution in [2.24, 2.45) is 0 Å². The van der Waals surface area contributed by atoms with E-state index in [1.54, 1.807) is 0 Å². The minimum Gasteiger partial charge on any atom is -0.361 e. The number of hydrogen-bond donors (Lipinski definition) is 0. The number of likely N-dealkylation sites (tertiary alicyclic amines) is 2. The predicted molar refractivity (Wildman–Crippen MR) is 86.2 cm³/mol. The van der Waals surface area contributed by atoms with Gasteiger partial charge in [0.25, 0.3) is 0 Å². The van der Waals surface area contributed by atoms with E-state index in [1.807, 2.05) is 19.2 Å². The summed E-state index contributed by atoms with van der Waals surface area (Å²) >= 11 is 3.44. The third-order valence-electron chi connectivity index (χ3n) is 4.66. The number of nitrogens with zero attached hydrogens (tertiary/aromatic N) is 4. The molecule has 22 heavy (non-hydrogen) atoms. The zero-order chi connectivity index (χ0) is 15.1. The number of rotatable bonds is 4. The Labute approximate surface area is 138 Å². The second-order valence-electron chi connectivity index (χ2n) is 6.30. The maximum absolute atomic E-state index is 5.17. The van der Waals surface area contributed by atoms with Gasteiger partial charge in [0.1, 0.15) is 5.76 Å². The molecule has 0 radical (unpaired) electrons. The highest BCUT2D eigenvalue weighted by Crippen LogP contribution is 2.32. The summed E-state index contributed by atoms with van der Waals surface area (Å²) in [6.45, 7) is 6.04. The van der Waals surface area contributed by atoms with Crippen molar-refractivity contribution in [3.63, 3.8) is 0 Å². The van der Waals surface area contributed by atoms with E-state index in [-0.39, 0.29) is 0 Å². The van der Waals surface area contributed by atoms with Crippen LogP contribution in [0.25, 0.3) is 0 Å². The molecular weight excluding hydrogens is 344 g/mol. The molecule has 2 aliphatic rings. The van der Waals surface area contributed by atoms with Gasteiger partial charge in [0.05, 0.1) is 11.4 Å². The van der Waals surface area contributed by atoms with Gasteiger partial charge in [-0.1, -0.05) is 5.16 Å². The smallest absolute Gasteiger partial charge is 0.133 e. The Morgan fingerprint density at radius 2 is 1.91 bits per heavy atom. The predicted octanol–water partition coefficient (Wildman–Crippen LogP) is 2.60. The van der Waals surface area contributed by atoms with Crippen LogP contribution in [0.4, 0.5) is 0 Å². The summed E-state index contributed by atoms with van der Waals surface area (Å²) in [7, 11) is 0. The monoisotopic (exact) mass is 362 g/mol. The molecule has 2 aliphatic heterocycles. The van der Waals surface area contributed by atoms with Gasteiger partial charge in [-0.15, -0.1) is 0 Å². The van der Waals surface area contributed by atoms with E-state index >= 15 is 0 Å². The molecule has 0 spiro atoms. The van der Waals surface area contributed by atoms with Crippen LogP contribution in [-0.4, -0.2) is 45.1 Å². The zero-order valence-corrected chi connectivity index (χ0v) is 14.2. The number of aromatic nitrogens is 2. The number of aryl methyl sites for hydroxylation is 1. The summed E-state index contributed by atoms with van der Waals surface area (Å²) in [6.07, 6.45) is 3.14. The molecule has 116 valence electrons. The highest BCUT2D eigenvalue weighted by atomic mass is 79.9. The van der Waals surface area contributed by atoms with E-state index in [9.17, 15) is 0 Å². The van der Waals surface area contributed by atoms with Crippen molar-refractivity contribution in [3.05, 3.63) is 46.0 Å². The van der Waals surface area contributed by atoms with E-state index in [2.05, 4.69) is 48.0 Å². The quantitative estimate of drug-likeness (QED) is 0.836. The third-order valence-corrected chi connectivity index (χ3v) is 5.13.